The van der Waals surface area contributed by atoms with Crippen molar-refractivity contribution in [3.8, 4) is 0 Å². The van der Waals surface area contributed by atoms with Crippen molar-refractivity contribution in [2.75, 3.05) is 7.05 Å². The molecule has 1 aromatic heterocycles. The van der Waals surface area contributed by atoms with E-state index >= 15 is 0 Å². The summed E-state index contributed by atoms with van der Waals surface area (Å²) in [6, 6.07) is 0. The third-order valence-electron chi connectivity index (χ3n) is 4.72. The Morgan fingerprint density at radius 3 is 2.94 bits per heavy atom. The first-order valence-electron chi connectivity index (χ1n) is 6.93. The van der Waals surface area contributed by atoms with Crippen molar-refractivity contribution in [3.63, 3.8) is 0 Å². The van der Waals surface area contributed by atoms with Gasteiger partial charge in [0, 0.05) is 24.8 Å². The lowest BCUT2D eigenvalue weighted by Gasteiger charge is -2.21. The van der Waals surface area contributed by atoms with Crippen LogP contribution in [-0.2, 0) is 13.1 Å². The lowest BCUT2D eigenvalue weighted by atomic mass is 9.89. The van der Waals surface area contributed by atoms with Gasteiger partial charge in [-0.3, -0.25) is 4.68 Å². The van der Waals surface area contributed by atoms with Crippen LogP contribution in [0.3, 0.4) is 0 Å². The summed E-state index contributed by atoms with van der Waals surface area (Å²) in [5.41, 5.74) is 2.53. The summed E-state index contributed by atoms with van der Waals surface area (Å²) in [5.74, 6) is 2.94. The number of hydrogen-bond acceptors (Lipinski definition) is 2. The van der Waals surface area contributed by atoms with Gasteiger partial charge in [0.25, 0.3) is 0 Å². The van der Waals surface area contributed by atoms with Crippen molar-refractivity contribution >= 4 is 0 Å². The highest BCUT2D eigenvalue weighted by atomic mass is 15.3. The predicted octanol–water partition coefficient (Wildman–Crippen LogP) is 2.35. The fourth-order valence-electron chi connectivity index (χ4n) is 3.86. The molecular weight excluding hydrogens is 210 g/mol. The molecule has 3 heteroatoms. The van der Waals surface area contributed by atoms with Crippen molar-refractivity contribution in [3.05, 3.63) is 17.5 Å². The van der Waals surface area contributed by atoms with E-state index < -0.39 is 0 Å². The Hall–Kier alpha value is -0.830. The molecule has 3 rings (SSSR count). The van der Waals surface area contributed by atoms with Crippen LogP contribution < -0.4 is 5.32 Å². The van der Waals surface area contributed by atoms with E-state index in [0.717, 1.165) is 30.8 Å². The average molecular weight is 233 g/mol. The number of aryl methyl sites for hydroxylation is 1. The van der Waals surface area contributed by atoms with Crippen LogP contribution in [0.1, 0.15) is 36.9 Å². The molecule has 0 aromatic carbocycles. The van der Waals surface area contributed by atoms with Crippen LogP contribution in [0.25, 0.3) is 0 Å². The second kappa shape index (κ2) is 4.45. The summed E-state index contributed by atoms with van der Waals surface area (Å²) in [6.45, 7) is 4.19. The molecule has 17 heavy (non-hydrogen) atoms. The van der Waals surface area contributed by atoms with Gasteiger partial charge < -0.3 is 5.32 Å². The molecule has 2 bridgehead atoms. The lowest BCUT2D eigenvalue weighted by molar-refractivity contribution is 0.285. The second-order valence-corrected chi connectivity index (χ2v) is 5.93. The Kier molecular flexibility index (Phi) is 2.95. The summed E-state index contributed by atoms with van der Waals surface area (Å²) in [4.78, 5) is 0. The normalized spacial score (nSPS) is 31.3. The van der Waals surface area contributed by atoms with Gasteiger partial charge in [-0.15, -0.1) is 0 Å². The summed E-state index contributed by atoms with van der Waals surface area (Å²) in [6.07, 6.45) is 8.14. The number of nitrogens with zero attached hydrogens (tertiary/aromatic N) is 2. The van der Waals surface area contributed by atoms with Crippen LogP contribution in [0, 0.1) is 24.7 Å². The van der Waals surface area contributed by atoms with Crippen LogP contribution >= 0.6 is 0 Å². The molecule has 1 N–H and O–H groups in total. The highest BCUT2D eigenvalue weighted by molar-refractivity contribution is 5.15. The fourth-order valence-corrected chi connectivity index (χ4v) is 3.86. The highest BCUT2D eigenvalue weighted by Crippen LogP contribution is 2.48. The maximum atomic E-state index is 4.65. The molecule has 1 aromatic rings. The molecule has 3 atom stereocenters. The van der Waals surface area contributed by atoms with Crippen molar-refractivity contribution in [1.82, 2.24) is 15.1 Å². The Balaban J connectivity index is 1.67. The molecule has 2 saturated carbocycles. The lowest BCUT2D eigenvalue weighted by Crippen LogP contribution is -2.17. The van der Waals surface area contributed by atoms with Gasteiger partial charge in [-0.2, -0.15) is 5.10 Å². The zero-order chi connectivity index (χ0) is 11.8. The predicted molar refractivity (Wildman–Crippen MR) is 68.7 cm³/mol. The molecule has 0 spiro atoms. The van der Waals surface area contributed by atoms with E-state index in [2.05, 4.69) is 28.2 Å². The molecule has 1 heterocycles. The van der Waals surface area contributed by atoms with E-state index in [1.807, 2.05) is 7.05 Å². The Morgan fingerprint density at radius 2 is 2.29 bits per heavy atom. The number of hydrogen-bond donors (Lipinski definition) is 1. The van der Waals surface area contributed by atoms with E-state index in [9.17, 15) is 0 Å². The van der Waals surface area contributed by atoms with Gasteiger partial charge in [0.1, 0.15) is 0 Å². The zero-order valence-corrected chi connectivity index (χ0v) is 10.9. The van der Waals surface area contributed by atoms with Crippen molar-refractivity contribution < 1.29 is 0 Å². The minimum Gasteiger partial charge on any atom is -0.316 e. The number of nitrogens with one attached hydrogen (secondary N) is 1. The second-order valence-electron chi connectivity index (χ2n) is 5.93. The number of rotatable bonds is 4. The minimum absolute atomic E-state index is 0.899. The standard InChI is InChI=1S/C14H23N3/c1-10-14(7-15-2)9-17(16-10)8-13-6-11-3-4-12(13)5-11/h9,11-13,15H,3-8H2,1-2H3. The topological polar surface area (TPSA) is 29.9 Å². The van der Waals surface area contributed by atoms with Crippen LogP contribution in [-0.4, -0.2) is 16.8 Å². The highest BCUT2D eigenvalue weighted by Gasteiger charge is 2.39. The van der Waals surface area contributed by atoms with E-state index in [1.54, 1.807) is 0 Å². The molecule has 3 nitrogen and oxygen atoms in total. The minimum atomic E-state index is 0.899. The Labute approximate surface area is 104 Å². The smallest absolute Gasteiger partial charge is 0.0638 e. The molecule has 0 radical (unpaired) electrons. The first-order valence-corrected chi connectivity index (χ1v) is 6.93. The third kappa shape index (κ3) is 2.13. The maximum Gasteiger partial charge on any atom is 0.0638 e. The zero-order valence-electron chi connectivity index (χ0n) is 10.9. The molecule has 0 amide bonds. The van der Waals surface area contributed by atoms with Crippen LogP contribution in [0.4, 0.5) is 0 Å². The van der Waals surface area contributed by atoms with Gasteiger partial charge >= 0.3 is 0 Å². The molecule has 2 aliphatic carbocycles. The largest absolute Gasteiger partial charge is 0.316 e. The molecule has 0 saturated heterocycles. The van der Waals surface area contributed by atoms with E-state index in [0.29, 0.717) is 0 Å². The molecular formula is C14H23N3. The summed E-state index contributed by atoms with van der Waals surface area (Å²) in [5, 5.41) is 7.86. The van der Waals surface area contributed by atoms with Gasteiger partial charge in [-0.1, -0.05) is 6.42 Å². The summed E-state index contributed by atoms with van der Waals surface area (Å²) >= 11 is 0. The molecule has 2 aliphatic rings. The SMILES string of the molecule is CNCc1cn(CC2CC3CCC2C3)nc1C. The summed E-state index contributed by atoms with van der Waals surface area (Å²) in [7, 11) is 1.99. The monoisotopic (exact) mass is 233 g/mol. The number of aromatic nitrogens is 2. The van der Waals surface area contributed by atoms with Gasteiger partial charge in [0.05, 0.1) is 5.69 Å². The van der Waals surface area contributed by atoms with Crippen molar-refractivity contribution in [2.24, 2.45) is 17.8 Å². The van der Waals surface area contributed by atoms with Crippen LogP contribution in [0.5, 0.6) is 0 Å². The molecule has 3 unspecified atom stereocenters. The summed E-state index contributed by atoms with van der Waals surface area (Å²) < 4.78 is 2.19. The van der Waals surface area contributed by atoms with Gasteiger partial charge in [0.15, 0.2) is 0 Å². The van der Waals surface area contributed by atoms with Crippen LogP contribution in [0.2, 0.25) is 0 Å². The quantitative estimate of drug-likeness (QED) is 0.865. The van der Waals surface area contributed by atoms with E-state index in [-0.39, 0.29) is 0 Å². The fraction of sp³-hybridized carbons (Fsp3) is 0.786. The van der Waals surface area contributed by atoms with E-state index in [4.69, 9.17) is 0 Å². The Bertz CT molecular complexity index is 396. The van der Waals surface area contributed by atoms with Gasteiger partial charge in [-0.25, -0.2) is 0 Å². The third-order valence-corrected chi connectivity index (χ3v) is 4.72. The van der Waals surface area contributed by atoms with Crippen molar-refractivity contribution in [2.45, 2.75) is 45.7 Å². The van der Waals surface area contributed by atoms with E-state index in [1.165, 1.54) is 36.9 Å². The maximum absolute atomic E-state index is 4.65. The Morgan fingerprint density at radius 1 is 1.41 bits per heavy atom. The van der Waals surface area contributed by atoms with Gasteiger partial charge in [0.2, 0.25) is 0 Å². The first kappa shape index (κ1) is 11.3. The van der Waals surface area contributed by atoms with Crippen LogP contribution in [0.15, 0.2) is 6.20 Å². The molecule has 94 valence electrons. The average Bonchev–Trinajstić information content (AvgIpc) is 2.96. The first-order chi connectivity index (χ1) is 8.26. The molecule has 0 aliphatic heterocycles. The molecule has 2 fully saturated rings. The van der Waals surface area contributed by atoms with Crippen molar-refractivity contribution in [1.29, 1.82) is 0 Å². The van der Waals surface area contributed by atoms with Gasteiger partial charge in [-0.05, 0) is 51.0 Å². The number of fused-ring (bicyclic) bond motifs is 2.